The van der Waals surface area contributed by atoms with Crippen molar-refractivity contribution in [2.75, 3.05) is 0 Å². The Morgan fingerprint density at radius 2 is 1.74 bits per heavy atom. The summed E-state index contributed by atoms with van der Waals surface area (Å²) < 4.78 is 92.6. The second-order valence-electron chi connectivity index (χ2n) is 6.49. The lowest BCUT2D eigenvalue weighted by Crippen LogP contribution is -2.12. The van der Waals surface area contributed by atoms with Gasteiger partial charge in [0, 0.05) is 21.6 Å². The minimum atomic E-state index is -10.4. The zero-order chi connectivity index (χ0) is 23.5. The van der Waals surface area contributed by atoms with Crippen LogP contribution in [0.5, 0.6) is 5.75 Å². The molecule has 0 aliphatic heterocycles. The van der Waals surface area contributed by atoms with E-state index >= 15 is 0 Å². The first-order valence-corrected chi connectivity index (χ1v) is 12.4. The number of fused-ring (bicyclic) bond motifs is 1. The first-order chi connectivity index (χ1) is 13.9. The van der Waals surface area contributed by atoms with Gasteiger partial charge < -0.3 is 10.2 Å². The molecule has 31 heavy (non-hydrogen) atoms. The topological polar surface area (TPSA) is 105 Å². The van der Waals surface area contributed by atoms with E-state index in [0.29, 0.717) is 5.39 Å². The maximum Gasteiger partial charge on any atom is 0.339 e. The van der Waals surface area contributed by atoms with E-state index in [9.17, 15) is 37.7 Å². The van der Waals surface area contributed by atoms with Crippen molar-refractivity contribution >= 4 is 52.9 Å². The molecule has 1 aromatic heterocycles. The minimum Gasteiger partial charge on any atom is -0.507 e. The molecule has 2 aromatic carbocycles. The van der Waals surface area contributed by atoms with Crippen LogP contribution in [0.2, 0.25) is 0 Å². The third-order valence-electron chi connectivity index (χ3n) is 4.15. The Kier molecular flexibility index (Phi) is 4.89. The Morgan fingerprint density at radius 1 is 1.10 bits per heavy atom. The first kappa shape index (κ1) is 23.2. The normalized spacial score (nSPS) is 14.8. The van der Waals surface area contributed by atoms with Crippen LogP contribution in [-0.4, -0.2) is 29.6 Å². The summed E-state index contributed by atoms with van der Waals surface area (Å²) in [5.74, 6) is -4.90. The van der Waals surface area contributed by atoms with E-state index in [-0.39, 0.29) is 16.1 Å². The maximum absolute atomic E-state index is 13.3. The fourth-order valence-electron chi connectivity index (χ4n) is 2.80. The number of aromatic hydroxyl groups is 1. The van der Waals surface area contributed by atoms with Crippen LogP contribution in [0.4, 0.5) is 19.4 Å². The Bertz CT molecular complexity index is 1360. The van der Waals surface area contributed by atoms with Crippen LogP contribution >= 0.6 is 26.2 Å². The van der Waals surface area contributed by atoms with E-state index < -0.39 is 64.5 Å². The fourth-order valence-corrected chi connectivity index (χ4v) is 5.69. The first-order valence-electron chi connectivity index (χ1n) is 7.99. The van der Waals surface area contributed by atoms with Gasteiger partial charge in [-0.25, -0.2) is 13.2 Å². The molecule has 0 saturated carbocycles. The van der Waals surface area contributed by atoms with Crippen LogP contribution in [0.15, 0.2) is 56.9 Å². The summed E-state index contributed by atoms with van der Waals surface area (Å²) in [5, 5.41) is 19.4. The average molecular weight is 548 g/mol. The molecule has 0 amide bonds. The molecule has 2 N–H and O–H groups in total. The number of benzene rings is 2. The number of sulfone groups is 1. The van der Waals surface area contributed by atoms with Gasteiger partial charge in [0.25, 0.3) is 0 Å². The number of halogens is 6. The molecular formula is C17H11BrF5NO5S2. The van der Waals surface area contributed by atoms with E-state index in [1.54, 1.807) is 0 Å². The number of nitrogens with zero attached hydrogens (tertiary/aromatic N) is 1. The zero-order valence-corrected chi connectivity index (χ0v) is 18.1. The highest BCUT2D eigenvalue weighted by molar-refractivity contribution is 9.10. The molecule has 0 spiro atoms. The van der Waals surface area contributed by atoms with Crippen LogP contribution in [0.1, 0.15) is 15.9 Å². The summed E-state index contributed by atoms with van der Waals surface area (Å²) in [4.78, 5) is 12.0. The fraction of sp³-hybridized carbons (Fsp3) is 0.0588. The molecule has 0 bridgehead atoms. The molecule has 168 valence electrons. The molecular weight excluding hydrogens is 537 g/mol. The van der Waals surface area contributed by atoms with Gasteiger partial charge in [0.1, 0.15) is 16.2 Å². The summed E-state index contributed by atoms with van der Waals surface area (Å²) in [5.41, 5.74) is -2.70. The lowest BCUT2D eigenvalue weighted by atomic mass is 10.1. The van der Waals surface area contributed by atoms with Gasteiger partial charge in [0.05, 0.1) is 16.2 Å². The molecule has 0 radical (unpaired) electrons. The molecule has 1 heterocycles. The Hall–Kier alpha value is -2.45. The summed E-state index contributed by atoms with van der Waals surface area (Å²) in [6.45, 7) is 0. The number of pyridine rings is 1. The predicted molar refractivity (Wildman–Crippen MR) is 107 cm³/mol. The molecule has 0 fully saturated rings. The van der Waals surface area contributed by atoms with Crippen LogP contribution in [0.3, 0.4) is 0 Å². The van der Waals surface area contributed by atoms with Crippen molar-refractivity contribution in [3.63, 3.8) is 0 Å². The van der Waals surface area contributed by atoms with Gasteiger partial charge in [-0.2, -0.15) is 0 Å². The van der Waals surface area contributed by atoms with Crippen LogP contribution in [0, 0.1) is 0 Å². The van der Waals surface area contributed by atoms with Gasteiger partial charge in [-0.05, 0) is 30.3 Å². The molecule has 3 aromatic rings. The molecule has 0 saturated heterocycles. The number of carbonyl (C=O) groups is 1. The van der Waals surface area contributed by atoms with Crippen LogP contribution in [-0.2, 0) is 15.6 Å². The van der Waals surface area contributed by atoms with Crippen LogP contribution in [0.25, 0.3) is 10.9 Å². The van der Waals surface area contributed by atoms with E-state index in [4.69, 9.17) is 5.11 Å². The third kappa shape index (κ3) is 4.75. The highest BCUT2D eigenvalue weighted by Crippen LogP contribution is 3.02. The Labute approximate surface area is 180 Å². The number of aromatic nitrogens is 1. The van der Waals surface area contributed by atoms with Crippen LogP contribution < -0.4 is 0 Å². The summed E-state index contributed by atoms with van der Waals surface area (Å²) in [7, 11) is -15.0. The molecule has 0 aliphatic rings. The number of phenols is 1. The second-order valence-corrected chi connectivity index (χ2v) is 11.8. The van der Waals surface area contributed by atoms with Crippen molar-refractivity contribution in [2.24, 2.45) is 0 Å². The highest BCUT2D eigenvalue weighted by atomic mass is 79.9. The van der Waals surface area contributed by atoms with Gasteiger partial charge in [0.2, 0.25) is 0 Å². The number of rotatable bonds is 5. The molecule has 0 aliphatic carbocycles. The smallest absolute Gasteiger partial charge is 0.339 e. The minimum absolute atomic E-state index is 0.0486. The van der Waals surface area contributed by atoms with Gasteiger partial charge in [-0.15, -0.1) is 0 Å². The molecule has 14 heteroatoms. The van der Waals surface area contributed by atoms with Crippen molar-refractivity contribution in [1.82, 2.24) is 4.98 Å². The van der Waals surface area contributed by atoms with Gasteiger partial charge in [-0.1, -0.05) is 41.4 Å². The van der Waals surface area contributed by atoms with E-state index in [1.807, 2.05) is 0 Å². The lowest BCUT2D eigenvalue weighted by Gasteiger charge is -2.40. The molecule has 0 unspecified atom stereocenters. The number of aromatic carboxylic acids is 1. The zero-order valence-electron chi connectivity index (χ0n) is 14.9. The summed E-state index contributed by atoms with van der Waals surface area (Å²) in [6.07, 6.45) is 1.27. The second kappa shape index (κ2) is 6.53. The summed E-state index contributed by atoms with van der Waals surface area (Å²) in [6, 6.07) is 4.97. The number of carboxylic acid groups (broad SMARTS) is 1. The van der Waals surface area contributed by atoms with Crippen molar-refractivity contribution in [1.29, 1.82) is 0 Å². The van der Waals surface area contributed by atoms with E-state index in [0.717, 1.165) is 6.07 Å². The monoisotopic (exact) mass is 547 g/mol. The Balaban J connectivity index is 2.26. The highest BCUT2D eigenvalue weighted by Gasteiger charge is 2.65. The third-order valence-corrected chi connectivity index (χ3v) is 7.41. The van der Waals surface area contributed by atoms with Crippen molar-refractivity contribution < 1.29 is 42.9 Å². The summed E-state index contributed by atoms with van der Waals surface area (Å²) >= 11 is 3.10. The van der Waals surface area contributed by atoms with Crippen molar-refractivity contribution in [3.05, 3.63) is 58.2 Å². The Morgan fingerprint density at radius 3 is 2.32 bits per heavy atom. The van der Waals surface area contributed by atoms with Gasteiger partial charge in [0.15, 0.2) is 9.84 Å². The number of carboxylic acids is 1. The average Bonchev–Trinajstić information content (AvgIpc) is 2.60. The van der Waals surface area contributed by atoms with E-state index in [2.05, 4.69) is 20.9 Å². The predicted octanol–water partition coefficient (Wildman–Crippen LogP) is 6.03. The number of hydrogen-bond donors (Lipinski definition) is 2. The number of hydrogen-bond acceptors (Lipinski definition) is 5. The van der Waals surface area contributed by atoms with Crippen molar-refractivity contribution in [2.45, 2.75) is 15.5 Å². The van der Waals surface area contributed by atoms with E-state index in [1.165, 1.54) is 24.4 Å². The quantitative estimate of drug-likeness (QED) is 0.378. The SMILES string of the molecule is O=C(O)c1cc(S(F)(F)(F)(F)F)cc(CS(=O)(=O)c2cc(Br)cc3cccnc23)c1O. The lowest BCUT2D eigenvalue weighted by molar-refractivity contribution is 0.0693. The van der Waals surface area contributed by atoms with Gasteiger partial charge in [-0.3, -0.25) is 4.98 Å². The maximum atomic E-state index is 13.3. The van der Waals surface area contributed by atoms with Gasteiger partial charge >= 0.3 is 16.2 Å². The standard InChI is InChI=1S/C17H11BrF5NO5S2/c18-11-4-9-2-1-3-24-15(9)14(6-11)30(28,29)8-10-5-12(31(19,20,21,22)23)7-13(16(10)25)17(26)27/h1-7,25H,8H2,(H,26,27). The molecule has 6 nitrogen and oxygen atoms in total. The molecule has 0 atom stereocenters. The molecule has 3 rings (SSSR count). The largest absolute Gasteiger partial charge is 0.507 e. The van der Waals surface area contributed by atoms with Crippen molar-refractivity contribution in [3.8, 4) is 5.75 Å².